The van der Waals surface area contributed by atoms with Crippen LogP contribution in [0.25, 0.3) is 0 Å². The van der Waals surface area contributed by atoms with Gasteiger partial charge in [-0.1, -0.05) is 61.9 Å². The number of nitrogens with one attached hydrogen (secondary N) is 1. The third kappa shape index (κ3) is 8.17. The summed E-state index contributed by atoms with van der Waals surface area (Å²) in [6, 6.07) is 16.2. The molecule has 0 aromatic heterocycles. The molecule has 0 fully saturated rings. The van der Waals surface area contributed by atoms with Gasteiger partial charge in [-0.05, 0) is 43.9 Å². The number of anilines is 1. The highest BCUT2D eigenvalue weighted by Crippen LogP contribution is 2.23. The number of rotatable bonds is 13. The first-order valence-corrected chi connectivity index (χ1v) is 13.6. The minimum atomic E-state index is -3.51. The van der Waals surface area contributed by atoms with Crippen molar-refractivity contribution in [3.8, 4) is 0 Å². The smallest absolute Gasteiger partial charge is 0.242 e. The molecular weight excluding hydrogens is 450 g/mol. The Bertz CT molecular complexity index is 1040. The molecule has 0 aliphatic heterocycles. The lowest BCUT2D eigenvalue weighted by Crippen LogP contribution is -2.48. The fraction of sp³-hybridized carbons (Fsp3) is 0.462. The molecule has 8 heteroatoms. The van der Waals surface area contributed by atoms with Gasteiger partial charge < -0.3 is 10.2 Å². The maximum absolute atomic E-state index is 13.2. The zero-order chi connectivity index (χ0) is 25.1. The predicted molar refractivity (Wildman–Crippen MR) is 137 cm³/mol. The van der Waals surface area contributed by atoms with Crippen molar-refractivity contribution < 1.29 is 18.0 Å². The van der Waals surface area contributed by atoms with Gasteiger partial charge in [-0.3, -0.25) is 13.9 Å². The molecule has 0 bridgehead atoms. The Morgan fingerprint density at radius 3 is 2.26 bits per heavy atom. The Morgan fingerprint density at radius 1 is 1.00 bits per heavy atom. The number of carbonyl (C=O) groups is 2. The Balaban J connectivity index is 2.12. The van der Waals surface area contributed by atoms with Crippen LogP contribution in [0.1, 0.15) is 50.7 Å². The molecule has 0 aliphatic carbocycles. The molecule has 7 nitrogen and oxygen atoms in total. The fourth-order valence-corrected chi connectivity index (χ4v) is 4.75. The van der Waals surface area contributed by atoms with E-state index in [4.69, 9.17) is 0 Å². The molecule has 34 heavy (non-hydrogen) atoms. The van der Waals surface area contributed by atoms with Gasteiger partial charge in [-0.15, -0.1) is 0 Å². The number of benzene rings is 2. The van der Waals surface area contributed by atoms with Crippen LogP contribution in [0, 0.1) is 6.92 Å². The molecule has 0 saturated heterocycles. The summed E-state index contributed by atoms with van der Waals surface area (Å²) in [6.45, 7) is 6.73. The van der Waals surface area contributed by atoms with Crippen molar-refractivity contribution in [2.24, 2.45) is 0 Å². The van der Waals surface area contributed by atoms with Gasteiger partial charge in [0, 0.05) is 26.1 Å². The summed E-state index contributed by atoms with van der Waals surface area (Å²) in [5, 5.41) is 2.91. The molecule has 0 saturated carbocycles. The molecule has 186 valence electrons. The Kier molecular flexibility index (Phi) is 10.6. The van der Waals surface area contributed by atoms with Gasteiger partial charge in [-0.2, -0.15) is 0 Å². The van der Waals surface area contributed by atoms with Crippen LogP contribution in [0.4, 0.5) is 5.69 Å². The molecule has 1 N–H and O–H groups in total. The lowest BCUT2D eigenvalue weighted by molar-refractivity contribution is -0.140. The molecule has 0 aliphatic rings. The second-order valence-corrected chi connectivity index (χ2v) is 10.5. The normalized spacial score (nSPS) is 12.1. The number of para-hydroxylation sites is 1. The van der Waals surface area contributed by atoms with E-state index in [1.807, 2.05) is 49.4 Å². The SMILES string of the molecule is CCCCNC(=O)[C@@H](C)N(Cc1ccccc1)C(=O)CCCN(c1ccccc1C)S(C)(=O)=O. The van der Waals surface area contributed by atoms with Crippen LogP contribution >= 0.6 is 0 Å². The van der Waals surface area contributed by atoms with Gasteiger partial charge >= 0.3 is 0 Å². The number of nitrogens with zero attached hydrogens (tertiary/aromatic N) is 2. The number of carbonyl (C=O) groups excluding carboxylic acids is 2. The van der Waals surface area contributed by atoms with E-state index < -0.39 is 16.1 Å². The summed E-state index contributed by atoms with van der Waals surface area (Å²) < 4.78 is 26.2. The Morgan fingerprint density at radius 2 is 1.65 bits per heavy atom. The van der Waals surface area contributed by atoms with Crippen LogP contribution in [-0.4, -0.2) is 50.5 Å². The van der Waals surface area contributed by atoms with E-state index >= 15 is 0 Å². The third-order valence-electron chi connectivity index (χ3n) is 5.73. The number of unbranched alkanes of at least 4 members (excludes halogenated alkanes) is 1. The van der Waals surface area contributed by atoms with E-state index in [-0.39, 0.29) is 24.8 Å². The standard InChI is InChI=1S/C26H37N3O4S/c1-5-6-18-27-26(31)22(3)28(20-23-14-8-7-9-15-23)25(30)17-12-19-29(34(4,32)33)24-16-11-10-13-21(24)2/h7-11,13-16,22H,5-6,12,17-20H2,1-4H3,(H,27,31)/t22-/m1/s1. The van der Waals surface area contributed by atoms with Crippen LogP contribution in [0.5, 0.6) is 0 Å². The van der Waals surface area contributed by atoms with E-state index in [0.717, 1.165) is 24.0 Å². The van der Waals surface area contributed by atoms with Crippen molar-refractivity contribution in [1.82, 2.24) is 10.2 Å². The number of sulfonamides is 1. The van der Waals surface area contributed by atoms with E-state index in [0.29, 0.717) is 25.2 Å². The topological polar surface area (TPSA) is 86.8 Å². The molecule has 0 unspecified atom stereocenters. The second kappa shape index (κ2) is 13.1. The van der Waals surface area contributed by atoms with Gasteiger partial charge in [0.25, 0.3) is 0 Å². The molecule has 2 aromatic carbocycles. The van der Waals surface area contributed by atoms with E-state index in [2.05, 4.69) is 12.2 Å². The first kappa shape index (κ1) is 27.4. The van der Waals surface area contributed by atoms with E-state index in [9.17, 15) is 18.0 Å². The fourth-order valence-electron chi connectivity index (χ4n) is 3.72. The van der Waals surface area contributed by atoms with Gasteiger partial charge in [0.05, 0.1) is 11.9 Å². The molecule has 0 radical (unpaired) electrons. The van der Waals surface area contributed by atoms with Crippen molar-refractivity contribution in [3.05, 3.63) is 65.7 Å². The highest BCUT2D eigenvalue weighted by Gasteiger charge is 2.26. The molecule has 2 amide bonds. The lowest BCUT2D eigenvalue weighted by atomic mass is 10.1. The quantitative estimate of drug-likeness (QED) is 0.435. The number of hydrogen-bond acceptors (Lipinski definition) is 4. The molecule has 2 aromatic rings. The zero-order valence-electron chi connectivity index (χ0n) is 20.7. The Labute approximate surface area is 204 Å². The minimum Gasteiger partial charge on any atom is -0.354 e. The Hall–Kier alpha value is -2.87. The van der Waals surface area contributed by atoms with Crippen LogP contribution in [0.15, 0.2) is 54.6 Å². The summed E-state index contributed by atoms with van der Waals surface area (Å²) in [4.78, 5) is 27.5. The van der Waals surface area contributed by atoms with Gasteiger partial charge in [0.2, 0.25) is 21.8 Å². The summed E-state index contributed by atoms with van der Waals surface area (Å²) in [7, 11) is -3.51. The number of hydrogen-bond donors (Lipinski definition) is 1. The van der Waals surface area contributed by atoms with Crippen molar-refractivity contribution in [2.75, 3.05) is 23.7 Å². The van der Waals surface area contributed by atoms with Crippen LogP contribution < -0.4 is 9.62 Å². The molecule has 2 rings (SSSR count). The van der Waals surface area contributed by atoms with E-state index in [1.54, 1.807) is 24.0 Å². The van der Waals surface area contributed by atoms with Crippen molar-refractivity contribution >= 4 is 27.5 Å². The third-order valence-corrected chi connectivity index (χ3v) is 6.91. The average molecular weight is 488 g/mol. The van der Waals surface area contributed by atoms with Gasteiger partial charge in [0.15, 0.2) is 0 Å². The molecule has 0 heterocycles. The highest BCUT2D eigenvalue weighted by molar-refractivity contribution is 7.92. The summed E-state index contributed by atoms with van der Waals surface area (Å²) in [5.74, 6) is -0.365. The van der Waals surface area contributed by atoms with Crippen LogP contribution in [0.2, 0.25) is 0 Å². The van der Waals surface area contributed by atoms with Crippen molar-refractivity contribution in [2.45, 2.75) is 59.0 Å². The van der Waals surface area contributed by atoms with Crippen molar-refractivity contribution in [1.29, 1.82) is 0 Å². The second-order valence-electron chi connectivity index (χ2n) is 8.55. The number of amides is 2. The molecule has 0 spiro atoms. The lowest BCUT2D eigenvalue weighted by Gasteiger charge is -2.29. The maximum Gasteiger partial charge on any atom is 0.242 e. The number of aryl methyl sites for hydroxylation is 1. The predicted octanol–water partition coefficient (Wildman–Crippen LogP) is 3.87. The molecule has 1 atom stereocenters. The van der Waals surface area contributed by atoms with Crippen LogP contribution in [-0.2, 0) is 26.2 Å². The first-order valence-electron chi connectivity index (χ1n) is 11.8. The summed E-state index contributed by atoms with van der Waals surface area (Å²) in [5.41, 5.74) is 2.39. The first-order chi connectivity index (χ1) is 16.1. The zero-order valence-corrected chi connectivity index (χ0v) is 21.5. The van der Waals surface area contributed by atoms with Gasteiger partial charge in [0.1, 0.15) is 6.04 Å². The summed E-state index contributed by atoms with van der Waals surface area (Å²) in [6.07, 6.45) is 3.50. The summed E-state index contributed by atoms with van der Waals surface area (Å²) >= 11 is 0. The monoisotopic (exact) mass is 487 g/mol. The molecular formula is C26H37N3O4S. The minimum absolute atomic E-state index is 0.136. The van der Waals surface area contributed by atoms with Gasteiger partial charge in [-0.25, -0.2) is 8.42 Å². The van der Waals surface area contributed by atoms with Crippen LogP contribution in [0.3, 0.4) is 0 Å². The highest BCUT2D eigenvalue weighted by atomic mass is 32.2. The maximum atomic E-state index is 13.2. The largest absolute Gasteiger partial charge is 0.354 e. The van der Waals surface area contributed by atoms with E-state index in [1.165, 1.54) is 10.6 Å². The van der Waals surface area contributed by atoms with Crippen molar-refractivity contribution in [3.63, 3.8) is 0 Å². The average Bonchev–Trinajstić information content (AvgIpc) is 2.80.